The van der Waals surface area contributed by atoms with Crippen molar-refractivity contribution in [3.8, 4) is 5.75 Å². The van der Waals surface area contributed by atoms with E-state index in [2.05, 4.69) is 0 Å². The first kappa shape index (κ1) is 11.0. The van der Waals surface area contributed by atoms with Crippen molar-refractivity contribution >= 4 is 34.8 Å². The van der Waals surface area contributed by atoms with Crippen molar-refractivity contribution in [2.75, 3.05) is 7.11 Å². The summed E-state index contributed by atoms with van der Waals surface area (Å²) in [6.45, 7) is 0. The average molecular weight is 240 g/mol. The zero-order valence-corrected chi connectivity index (χ0v) is 9.27. The van der Waals surface area contributed by atoms with Gasteiger partial charge in [-0.05, 0) is 6.07 Å². The van der Waals surface area contributed by atoms with E-state index in [1.165, 1.54) is 0 Å². The van der Waals surface area contributed by atoms with E-state index in [1.807, 2.05) is 24.3 Å². The lowest BCUT2D eigenvalue weighted by atomic mass is 10.1. The van der Waals surface area contributed by atoms with Gasteiger partial charge in [-0.15, -0.1) is 34.8 Å². The number of halogens is 3. The normalized spacial score (nSPS) is 13.0. The summed E-state index contributed by atoms with van der Waals surface area (Å²) in [4.78, 5) is -0.641. The summed E-state index contributed by atoms with van der Waals surface area (Å²) in [6, 6.07) is 7.39. The molecule has 1 unspecified atom stereocenters. The molecule has 0 radical (unpaired) electrons. The molecule has 0 aromatic heterocycles. The van der Waals surface area contributed by atoms with E-state index in [4.69, 9.17) is 39.5 Å². The van der Waals surface area contributed by atoms with E-state index in [1.54, 1.807) is 7.11 Å². The zero-order valence-electron chi connectivity index (χ0n) is 7.01. The van der Waals surface area contributed by atoms with Gasteiger partial charge in [0.05, 0.1) is 12.5 Å². The van der Waals surface area contributed by atoms with E-state index in [0.717, 1.165) is 5.56 Å². The van der Waals surface area contributed by atoms with E-state index < -0.39 is 10.2 Å². The van der Waals surface area contributed by atoms with Crippen LogP contribution in [-0.2, 0) is 0 Å². The van der Waals surface area contributed by atoms with Gasteiger partial charge in [-0.1, -0.05) is 18.2 Å². The summed E-state index contributed by atoms with van der Waals surface area (Å²) in [6.07, 6.45) is 0. The number of hydrogen-bond acceptors (Lipinski definition) is 1. The van der Waals surface area contributed by atoms with Crippen molar-refractivity contribution in [3.05, 3.63) is 29.8 Å². The lowest BCUT2D eigenvalue weighted by Crippen LogP contribution is -2.01. The second kappa shape index (κ2) is 4.94. The van der Waals surface area contributed by atoms with Crippen molar-refractivity contribution in [2.24, 2.45) is 0 Å². The van der Waals surface area contributed by atoms with Gasteiger partial charge in [0.25, 0.3) is 0 Å². The molecule has 0 saturated heterocycles. The fraction of sp³-hybridized carbons (Fsp3) is 0.333. The maximum Gasteiger partial charge on any atom is 0.128 e. The minimum atomic E-state index is -0.641. The SMILES string of the molecule is COc1ccccc1C(Cl)C(Cl)Cl. The highest BCUT2D eigenvalue weighted by atomic mass is 35.5. The average Bonchev–Trinajstić information content (AvgIpc) is 2.16. The van der Waals surface area contributed by atoms with Crippen LogP contribution in [0.3, 0.4) is 0 Å². The highest BCUT2D eigenvalue weighted by molar-refractivity contribution is 6.48. The zero-order chi connectivity index (χ0) is 9.84. The topological polar surface area (TPSA) is 9.23 Å². The van der Waals surface area contributed by atoms with E-state index in [9.17, 15) is 0 Å². The summed E-state index contributed by atoms with van der Waals surface area (Å²) < 4.78 is 5.11. The van der Waals surface area contributed by atoms with Gasteiger partial charge < -0.3 is 4.74 Å². The fourth-order valence-electron chi connectivity index (χ4n) is 1.03. The molecular formula is C9H9Cl3O. The molecule has 1 aromatic rings. The number of alkyl halides is 3. The second-order valence-corrected chi connectivity index (χ2v) is 4.11. The molecule has 13 heavy (non-hydrogen) atoms. The highest BCUT2D eigenvalue weighted by Crippen LogP contribution is 2.35. The van der Waals surface area contributed by atoms with Crippen molar-refractivity contribution < 1.29 is 4.74 Å². The quantitative estimate of drug-likeness (QED) is 0.730. The molecule has 4 heteroatoms. The minimum Gasteiger partial charge on any atom is -0.496 e. The van der Waals surface area contributed by atoms with Gasteiger partial charge in [-0.3, -0.25) is 0 Å². The first-order valence-corrected chi connectivity index (χ1v) is 5.03. The fourth-order valence-corrected chi connectivity index (χ4v) is 1.48. The molecule has 1 rings (SSSR count). The second-order valence-electron chi connectivity index (χ2n) is 2.48. The number of para-hydroxylation sites is 1. The molecule has 0 saturated carbocycles. The van der Waals surface area contributed by atoms with Crippen LogP contribution in [0.4, 0.5) is 0 Å². The summed E-state index contributed by atoms with van der Waals surface area (Å²) >= 11 is 17.3. The van der Waals surface area contributed by atoms with Gasteiger partial charge in [-0.2, -0.15) is 0 Å². The number of benzene rings is 1. The molecule has 0 N–H and O–H groups in total. The van der Waals surface area contributed by atoms with Crippen molar-refractivity contribution in [2.45, 2.75) is 10.2 Å². The Morgan fingerprint density at radius 1 is 1.15 bits per heavy atom. The summed E-state index contributed by atoms with van der Waals surface area (Å²) in [5, 5.41) is -0.445. The molecule has 0 fully saturated rings. The van der Waals surface area contributed by atoms with Crippen LogP contribution in [0, 0.1) is 0 Å². The van der Waals surface area contributed by atoms with Crippen LogP contribution < -0.4 is 4.74 Å². The van der Waals surface area contributed by atoms with Crippen LogP contribution >= 0.6 is 34.8 Å². The minimum absolute atomic E-state index is 0.445. The largest absolute Gasteiger partial charge is 0.496 e. The van der Waals surface area contributed by atoms with E-state index in [-0.39, 0.29) is 0 Å². The molecule has 0 aliphatic heterocycles. The molecule has 1 aromatic carbocycles. The highest BCUT2D eigenvalue weighted by Gasteiger charge is 2.19. The molecule has 0 aliphatic carbocycles. The Kier molecular flexibility index (Phi) is 4.17. The lowest BCUT2D eigenvalue weighted by molar-refractivity contribution is 0.409. The van der Waals surface area contributed by atoms with Crippen LogP contribution in [0.5, 0.6) is 5.75 Å². The van der Waals surface area contributed by atoms with Gasteiger partial charge in [0.2, 0.25) is 0 Å². The Morgan fingerprint density at radius 3 is 2.31 bits per heavy atom. The molecule has 0 heterocycles. The standard InChI is InChI=1S/C9H9Cl3O/c1-13-7-5-3-2-4-6(7)8(10)9(11)12/h2-5,8-9H,1H3. The molecule has 1 atom stereocenters. The van der Waals surface area contributed by atoms with Gasteiger partial charge >= 0.3 is 0 Å². The Bertz CT molecular complexity index is 275. The van der Waals surface area contributed by atoms with Crippen LogP contribution in [0.15, 0.2) is 24.3 Å². The summed E-state index contributed by atoms with van der Waals surface area (Å²) in [7, 11) is 1.58. The Morgan fingerprint density at radius 2 is 1.77 bits per heavy atom. The van der Waals surface area contributed by atoms with E-state index >= 15 is 0 Å². The number of rotatable bonds is 3. The molecule has 72 valence electrons. The number of methoxy groups -OCH3 is 1. The number of ether oxygens (including phenoxy) is 1. The molecule has 0 aliphatic rings. The molecule has 1 nitrogen and oxygen atoms in total. The summed E-state index contributed by atoms with van der Waals surface area (Å²) in [5.41, 5.74) is 0.807. The third-order valence-corrected chi connectivity index (χ3v) is 2.91. The van der Waals surface area contributed by atoms with Gasteiger partial charge in [0.15, 0.2) is 0 Å². The first-order chi connectivity index (χ1) is 6.16. The monoisotopic (exact) mass is 238 g/mol. The maximum atomic E-state index is 5.98. The van der Waals surface area contributed by atoms with Crippen LogP contribution in [-0.4, -0.2) is 11.9 Å². The molecular weight excluding hydrogens is 230 g/mol. The van der Waals surface area contributed by atoms with Gasteiger partial charge in [0.1, 0.15) is 10.6 Å². The predicted molar refractivity (Wildman–Crippen MR) is 57.1 cm³/mol. The van der Waals surface area contributed by atoms with Crippen molar-refractivity contribution in [1.29, 1.82) is 0 Å². The van der Waals surface area contributed by atoms with Crippen molar-refractivity contribution in [3.63, 3.8) is 0 Å². The Hall–Kier alpha value is -0.110. The van der Waals surface area contributed by atoms with Gasteiger partial charge in [-0.25, -0.2) is 0 Å². The third-order valence-electron chi connectivity index (χ3n) is 1.66. The Balaban J connectivity index is 2.98. The Labute approximate surface area is 92.5 Å². The molecule has 0 bridgehead atoms. The van der Waals surface area contributed by atoms with E-state index in [0.29, 0.717) is 5.75 Å². The van der Waals surface area contributed by atoms with Gasteiger partial charge in [0, 0.05) is 5.56 Å². The number of hydrogen-bond donors (Lipinski definition) is 0. The van der Waals surface area contributed by atoms with Crippen LogP contribution in [0.25, 0.3) is 0 Å². The third kappa shape index (κ3) is 2.67. The predicted octanol–water partition coefficient (Wildman–Crippen LogP) is 3.78. The molecule has 0 amide bonds. The molecule has 0 spiro atoms. The van der Waals surface area contributed by atoms with Crippen LogP contribution in [0.1, 0.15) is 10.9 Å². The lowest BCUT2D eigenvalue weighted by Gasteiger charge is -2.13. The van der Waals surface area contributed by atoms with Crippen LogP contribution in [0.2, 0.25) is 0 Å². The first-order valence-electron chi connectivity index (χ1n) is 3.72. The maximum absolute atomic E-state index is 5.98. The smallest absolute Gasteiger partial charge is 0.128 e. The van der Waals surface area contributed by atoms with Crippen molar-refractivity contribution in [1.82, 2.24) is 0 Å². The summed E-state index contributed by atoms with van der Waals surface area (Å²) in [5.74, 6) is 0.703.